The predicted molar refractivity (Wildman–Crippen MR) is 69.8 cm³/mol. The molecule has 110 valence electrons. The third-order valence-corrected chi connectivity index (χ3v) is 3.59. The van der Waals surface area contributed by atoms with Crippen molar-refractivity contribution in [2.24, 2.45) is 5.92 Å². The molecule has 0 spiro atoms. The van der Waals surface area contributed by atoms with Crippen molar-refractivity contribution in [3.8, 4) is 0 Å². The lowest BCUT2D eigenvalue weighted by Crippen LogP contribution is -2.45. The van der Waals surface area contributed by atoms with E-state index in [2.05, 4.69) is 20.8 Å². The van der Waals surface area contributed by atoms with Crippen LogP contribution in [0.4, 0.5) is 4.79 Å². The monoisotopic (exact) mass is 281 g/mol. The van der Waals surface area contributed by atoms with Crippen molar-refractivity contribution in [3.63, 3.8) is 0 Å². The molecular formula is C12H19N5O3. The van der Waals surface area contributed by atoms with Crippen LogP contribution in [0.5, 0.6) is 0 Å². The molecule has 8 nitrogen and oxygen atoms in total. The molecule has 1 aromatic heterocycles. The van der Waals surface area contributed by atoms with Crippen LogP contribution in [-0.2, 0) is 17.9 Å². The van der Waals surface area contributed by atoms with E-state index in [0.29, 0.717) is 18.7 Å². The lowest BCUT2D eigenvalue weighted by molar-refractivity contribution is -0.142. The fourth-order valence-corrected chi connectivity index (χ4v) is 2.49. The molecule has 3 N–H and O–H groups in total. The van der Waals surface area contributed by atoms with Gasteiger partial charge >= 0.3 is 12.0 Å². The summed E-state index contributed by atoms with van der Waals surface area (Å²) in [4.78, 5) is 22.8. The number of nitrogens with zero attached hydrogens (tertiary/aromatic N) is 3. The first-order valence-electron chi connectivity index (χ1n) is 6.75. The molecule has 1 aromatic rings. The third kappa shape index (κ3) is 3.25. The van der Waals surface area contributed by atoms with E-state index in [4.69, 9.17) is 5.11 Å². The number of aromatic nitrogens is 3. The van der Waals surface area contributed by atoms with Crippen molar-refractivity contribution in [3.05, 3.63) is 12.2 Å². The van der Waals surface area contributed by atoms with Gasteiger partial charge in [-0.15, -0.1) is 10.2 Å². The van der Waals surface area contributed by atoms with Crippen LogP contribution < -0.4 is 10.6 Å². The van der Waals surface area contributed by atoms with Gasteiger partial charge in [-0.25, -0.2) is 4.79 Å². The van der Waals surface area contributed by atoms with Crippen molar-refractivity contribution in [1.29, 1.82) is 0 Å². The Balaban J connectivity index is 1.82. The van der Waals surface area contributed by atoms with Crippen molar-refractivity contribution >= 4 is 12.0 Å². The average Bonchev–Trinajstić information content (AvgIpc) is 3.04. The molecule has 0 saturated heterocycles. The van der Waals surface area contributed by atoms with E-state index in [1.54, 1.807) is 6.33 Å². The first-order chi connectivity index (χ1) is 9.61. The minimum atomic E-state index is -0.849. The predicted octanol–water partition coefficient (Wildman–Crippen LogP) is 0.350. The molecular weight excluding hydrogens is 262 g/mol. The van der Waals surface area contributed by atoms with Gasteiger partial charge in [0.25, 0.3) is 0 Å². The van der Waals surface area contributed by atoms with Crippen molar-refractivity contribution in [2.75, 3.05) is 0 Å². The Kier molecular flexibility index (Phi) is 4.54. The van der Waals surface area contributed by atoms with Gasteiger partial charge in [0.1, 0.15) is 6.33 Å². The smallest absolute Gasteiger partial charge is 0.315 e. The zero-order chi connectivity index (χ0) is 14.5. The molecule has 2 rings (SSSR count). The summed E-state index contributed by atoms with van der Waals surface area (Å²) in [5.41, 5.74) is 0. The minimum Gasteiger partial charge on any atom is -0.481 e. The number of hydrogen-bond donors (Lipinski definition) is 3. The normalized spacial score (nSPS) is 21.6. The Hall–Kier alpha value is -2.12. The second-order valence-corrected chi connectivity index (χ2v) is 4.84. The van der Waals surface area contributed by atoms with Crippen LogP contribution in [0.25, 0.3) is 0 Å². The second-order valence-electron chi connectivity index (χ2n) is 4.84. The van der Waals surface area contributed by atoms with Gasteiger partial charge in [0.05, 0.1) is 12.5 Å². The standard InChI is InChI=1S/C12H19N5O3/c1-2-17-7-14-16-10(17)6-13-12(20)15-9-5-3-4-8(9)11(18)19/h7-9H,2-6H2,1H3,(H,18,19)(H2,13,15,20). The molecule has 0 bridgehead atoms. The van der Waals surface area contributed by atoms with Crippen molar-refractivity contribution in [1.82, 2.24) is 25.4 Å². The number of nitrogens with one attached hydrogen (secondary N) is 2. The van der Waals surface area contributed by atoms with E-state index in [1.807, 2.05) is 11.5 Å². The Morgan fingerprint density at radius 1 is 1.50 bits per heavy atom. The molecule has 8 heteroatoms. The van der Waals surface area contributed by atoms with Gasteiger partial charge in [-0.1, -0.05) is 6.42 Å². The highest BCUT2D eigenvalue weighted by Gasteiger charge is 2.33. The van der Waals surface area contributed by atoms with Crippen LogP contribution in [0, 0.1) is 5.92 Å². The Morgan fingerprint density at radius 3 is 3.00 bits per heavy atom. The maximum absolute atomic E-state index is 11.8. The molecule has 1 aliphatic carbocycles. The molecule has 20 heavy (non-hydrogen) atoms. The SMILES string of the molecule is CCn1cnnc1CNC(=O)NC1CCCC1C(=O)O. The molecule has 1 aliphatic rings. The first-order valence-corrected chi connectivity index (χ1v) is 6.75. The number of carbonyl (C=O) groups excluding carboxylic acids is 1. The summed E-state index contributed by atoms with van der Waals surface area (Å²) in [6.45, 7) is 2.96. The molecule has 2 atom stereocenters. The van der Waals surface area contributed by atoms with Crippen LogP contribution in [0.3, 0.4) is 0 Å². The van der Waals surface area contributed by atoms with Crippen LogP contribution >= 0.6 is 0 Å². The van der Waals surface area contributed by atoms with Gasteiger partial charge in [0.2, 0.25) is 0 Å². The number of carbonyl (C=O) groups is 2. The molecule has 1 heterocycles. The lowest BCUT2D eigenvalue weighted by atomic mass is 10.0. The Morgan fingerprint density at radius 2 is 2.30 bits per heavy atom. The molecule has 2 amide bonds. The van der Waals surface area contributed by atoms with Gasteiger partial charge in [0.15, 0.2) is 5.82 Å². The van der Waals surface area contributed by atoms with E-state index in [9.17, 15) is 9.59 Å². The van der Waals surface area contributed by atoms with E-state index in [-0.39, 0.29) is 18.6 Å². The molecule has 2 unspecified atom stereocenters. The van der Waals surface area contributed by atoms with Gasteiger partial charge in [-0.2, -0.15) is 0 Å². The number of hydrogen-bond acceptors (Lipinski definition) is 4. The highest BCUT2D eigenvalue weighted by Crippen LogP contribution is 2.25. The minimum absolute atomic E-state index is 0.268. The topological polar surface area (TPSA) is 109 Å². The maximum Gasteiger partial charge on any atom is 0.315 e. The molecule has 1 saturated carbocycles. The van der Waals surface area contributed by atoms with Crippen molar-refractivity contribution in [2.45, 2.75) is 45.3 Å². The summed E-state index contributed by atoms with van der Waals surface area (Å²) in [7, 11) is 0. The van der Waals surface area contributed by atoms with Crippen LogP contribution in [-0.4, -0.2) is 37.9 Å². The summed E-state index contributed by atoms with van der Waals surface area (Å²) in [5.74, 6) is -0.664. The van der Waals surface area contributed by atoms with E-state index in [1.165, 1.54) is 0 Å². The molecule has 0 aromatic carbocycles. The van der Waals surface area contributed by atoms with Gasteiger partial charge < -0.3 is 20.3 Å². The summed E-state index contributed by atoms with van der Waals surface area (Å²) in [5, 5.41) is 22.1. The molecule has 0 aliphatic heterocycles. The van der Waals surface area contributed by atoms with Gasteiger partial charge in [-0.05, 0) is 19.8 Å². The second kappa shape index (κ2) is 6.36. The largest absolute Gasteiger partial charge is 0.481 e. The fourth-order valence-electron chi connectivity index (χ4n) is 2.49. The first kappa shape index (κ1) is 14.3. The zero-order valence-corrected chi connectivity index (χ0v) is 11.4. The van der Waals surface area contributed by atoms with E-state index in [0.717, 1.165) is 13.0 Å². The highest BCUT2D eigenvalue weighted by atomic mass is 16.4. The van der Waals surface area contributed by atoms with E-state index >= 15 is 0 Å². The maximum atomic E-state index is 11.8. The van der Waals surface area contributed by atoms with Crippen LogP contribution in [0.1, 0.15) is 32.0 Å². The number of aliphatic carboxylic acids is 1. The Bertz CT molecular complexity index is 487. The summed E-state index contributed by atoms with van der Waals surface area (Å²) in [6, 6.07) is -0.662. The number of carboxylic acid groups (broad SMARTS) is 1. The van der Waals surface area contributed by atoms with Gasteiger partial charge in [0, 0.05) is 12.6 Å². The van der Waals surface area contributed by atoms with Crippen molar-refractivity contribution < 1.29 is 14.7 Å². The van der Waals surface area contributed by atoms with E-state index < -0.39 is 11.9 Å². The number of rotatable bonds is 5. The quantitative estimate of drug-likeness (QED) is 0.721. The van der Waals surface area contributed by atoms with Gasteiger partial charge in [-0.3, -0.25) is 4.79 Å². The summed E-state index contributed by atoms with van der Waals surface area (Å²) in [6.07, 6.45) is 3.75. The fraction of sp³-hybridized carbons (Fsp3) is 0.667. The van der Waals surface area contributed by atoms with Crippen LogP contribution in [0.15, 0.2) is 6.33 Å². The average molecular weight is 281 g/mol. The highest BCUT2D eigenvalue weighted by molar-refractivity contribution is 5.76. The number of amides is 2. The summed E-state index contributed by atoms with van der Waals surface area (Å²) >= 11 is 0. The third-order valence-electron chi connectivity index (χ3n) is 3.59. The molecule has 1 fully saturated rings. The summed E-state index contributed by atoms with van der Waals surface area (Å²) < 4.78 is 1.83. The lowest BCUT2D eigenvalue weighted by Gasteiger charge is -2.17. The number of urea groups is 1. The number of carboxylic acids is 1. The zero-order valence-electron chi connectivity index (χ0n) is 11.4. The Labute approximate surface area is 116 Å². The number of aryl methyl sites for hydroxylation is 1. The molecule has 0 radical (unpaired) electrons. The van der Waals surface area contributed by atoms with Crippen LogP contribution in [0.2, 0.25) is 0 Å².